The topological polar surface area (TPSA) is 32.9 Å². The van der Waals surface area contributed by atoms with Crippen LogP contribution in [0.25, 0.3) is 6.08 Å². The second-order valence-electron chi connectivity index (χ2n) is 3.25. The highest BCUT2D eigenvalue weighted by Gasteiger charge is 2.14. The molecule has 1 heterocycles. The Kier molecular flexibility index (Phi) is 1.61. The molecule has 1 atom stereocenters. The molecule has 2 nitrogen and oxygen atoms in total. The van der Waals surface area contributed by atoms with Gasteiger partial charge in [0.25, 0.3) is 0 Å². The summed E-state index contributed by atoms with van der Waals surface area (Å²) in [6, 6.07) is 1.94. The molecule has 0 aliphatic heterocycles. The summed E-state index contributed by atoms with van der Waals surface area (Å²) < 4.78 is 0. The maximum atomic E-state index is 10.5. The highest BCUT2D eigenvalue weighted by Crippen LogP contribution is 2.29. The van der Waals surface area contributed by atoms with Crippen LogP contribution in [-0.4, -0.2) is 11.3 Å². The van der Waals surface area contributed by atoms with E-state index in [1.807, 2.05) is 12.1 Å². The highest BCUT2D eigenvalue weighted by atomic mass is 16.1. The smallest absolute Gasteiger partial charge is 0.166 e. The van der Waals surface area contributed by atoms with Gasteiger partial charge in [-0.3, -0.25) is 4.79 Å². The van der Waals surface area contributed by atoms with E-state index in [1.54, 1.807) is 0 Å². The summed E-state index contributed by atoms with van der Waals surface area (Å²) >= 11 is 0. The number of nitrogens with one attached hydrogen (secondary N) is 1. The molecule has 0 saturated carbocycles. The van der Waals surface area contributed by atoms with E-state index < -0.39 is 0 Å². The molecular weight excluding hydrogens is 150 g/mol. The lowest BCUT2D eigenvalue weighted by atomic mass is 9.93. The van der Waals surface area contributed by atoms with Gasteiger partial charge in [-0.1, -0.05) is 13.0 Å². The number of carbonyl (C=O) groups excluding carboxylic acids is 1. The average Bonchev–Trinajstić information content (AvgIpc) is 2.49. The zero-order chi connectivity index (χ0) is 8.55. The Balaban J connectivity index is 2.51. The van der Waals surface area contributed by atoms with Crippen molar-refractivity contribution in [2.24, 2.45) is 0 Å². The predicted molar refractivity (Wildman–Crippen MR) is 48.2 cm³/mol. The first-order chi connectivity index (χ1) is 5.81. The van der Waals surface area contributed by atoms with E-state index in [0.717, 1.165) is 18.4 Å². The summed E-state index contributed by atoms with van der Waals surface area (Å²) in [6.45, 7) is 2.17. The van der Waals surface area contributed by atoms with Gasteiger partial charge in [-0.05, 0) is 30.0 Å². The van der Waals surface area contributed by atoms with Gasteiger partial charge in [-0.15, -0.1) is 0 Å². The first kappa shape index (κ1) is 7.35. The van der Waals surface area contributed by atoms with E-state index in [4.69, 9.17) is 0 Å². The van der Waals surface area contributed by atoms with Crippen molar-refractivity contribution in [3.63, 3.8) is 0 Å². The minimum atomic E-state index is 0.537. The molecule has 1 N–H and O–H groups in total. The van der Waals surface area contributed by atoms with Gasteiger partial charge in [0.15, 0.2) is 6.29 Å². The zero-order valence-electron chi connectivity index (χ0n) is 7.00. The lowest BCUT2D eigenvalue weighted by Crippen LogP contribution is -1.96. The normalized spacial score (nSPS) is 20.6. The van der Waals surface area contributed by atoms with Crippen molar-refractivity contribution < 1.29 is 4.79 Å². The van der Waals surface area contributed by atoms with Crippen LogP contribution >= 0.6 is 0 Å². The molecule has 1 aliphatic carbocycles. The average molecular weight is 161 g/mol. The minimum Gasteiger partial charge on any atom is -0.353 e. The third-order valence-corrected chi connectivity index (χ3v) is 2.33. The maximum absolute atomic E-state index is 10.5. The molecule has 0 bridgehead atoms. The third-order valence-electron chi connectivity index (χ3n) is 2.33. The molecule has 1 aliphatic rings. The van der Waals surface area contributed by atoms with Crippen LogP contribution in [0.5, 0.6) is 0 Å². The number of aromatic amines is 1. The van der Waals surface area contributed by atoms with Gasteiger partial charge < -0.3 is 4.98 Å². The fourth-order valence-electron chi connectivity index (χ4n) is 1.64. The van der Waals surface area contributed by atoms with Gasteiger partial charge in [0.05, 0.1) is 5.69 Å². The Morgan fingerprint density at radius 3 is 3.17 bits per heavy atom. The second kappa shape index (κ2) is 2.63. The predicted octanol–water partition coefficient (Wildman–Crippen LogP) is 2.35. The number of hydrogen-bond acceptors (Lipinski definition) is 1. The lowest BCUT2D eigenvalue weighted by Gasteiger charge is -2.12. The largest absolute Gasteiger partial charge is 0.353 e. The van der Waals surface area contributed by atoms with E-state index >= 15 is 0 Å². The molecule has 0 saturated heterocycles. The molecule has 1 aromatic rings. The molecule has 0 amide bonds. The number of carbonyl (C=O) groups is 1. The van der Waals surface area contributed by atoms with E-state index in [-0.39, 0.29) is 0 Å². The van der Waals surface area contributed by atoms with Crippen LogP contribution in [0.4, 0.5) is 0 Å². The second-order valence-corrected chi connectivity index (χ2v) is 3.25. The lowest BCUT2D eigenvalue weighted by molar-refractivity contribution is 0.111. The number of fused-ring (bicyclic) bond motifs is 1. The van der Waals surface area contributed by atoms with Crippen molar-refractivity contribution in [2.75, 3.05) is 0 Å². The Morgan fingerprint density at radius 1 is 1.67 bits per heavy atom. The molecule has 62 valence electrons. The summed E-state index contributed by atoms with van der Waals surface area (Å²) in [5, 5.41) is 0. The molecule has 1 unspecified atom stereocenters. The van der Waals surface area contributed by atoms with Crippen LogP contribution < -0.4 is 0 Å². The van der Waals surface area contributed by atoms with Crippen molar-refractivity contribution >= 4 is 12.4 Å². The van der Waals surface area contributed by atoms with Crippen molar-refractivity contribution in [3.8, 4) is 0 Å². The first-order valence-electron chi connectivity index (χ1n) is 4.16. The summed E-state index contributed by atoms with van der Waals surface area (Å²) in [6.07, 6.45) is 6.11. The van der Waals surface area contributed by atoms with Crippen molar-refractivity contribution in [1.29, 1.82) is 0 Å². The number of hydrogen-bond donors (Lipinski definition) is 1. The monoisotopic (exact) mass is 161 g/mol. The quantitative estimate of drug-likeness (QED) is 0.630. The molecule has 0 spiro atoms. The first-order valence-corrected chi connectivity index (χ1v) is 4.16. The molecule has 2 heteroatoms. The molecular formula is C10H11NO. The van der Waals surface area contributed by atoms with Crippen LogP contribution in [0.3, 0.4) is 0 Å². The number of rotatable bonds is 1. The van der Waals surface area contributed by atoms with E-state index in [0.29, 0.717) is 11.6 Å². The van der Waals surface area contributed by atoms with E-state index in [9.17, 15) is 4.79 Å². The Hall–Kier alpha value is -1.31. The molecule has 0 radical (unpaired) electrons. The number of aldehydes is 1. The van der Waals surface area contributed by atoms with Gasteiger partial charge in [0.1, 0.15) is 0 Å². The number of H-pyrrole nitrogens is 1. The van der Waals surface area contributed by atoms with Crippen molar-refractivity contribution in [2.45, 2.75) is 19.3 Å². The highest BCUT2D eigenvalue weighted by molar-refractivity contribution is 5.75. The Labute approximate surface area is 71.3 Å². The van der Waals surface area contributed by atoms with Gasteiger partial charge in [0, 0.05) is 5.69 Å². The zero-order valence-corrected chi connectivity index (χ0v) is 7.00. The van der Waals surface area contributed by atoms with Gasteiger partial charge in [-0.25, -0.2) is 0 Å². The summed E-state index contributed by atoms with van der Waals surface area (Å²) in [5.74, 6) is 0.537. The fraction of sp³-hybridized carbons (Fsp3) is 0.300. The molecule has 0 fully saturated rings. The van der Waals surface area contributed by atoms with Crippen molar-refractivity contribution in [3.05, 3.63) is 29.1 Å². The number of allylic oxidation sites excluding steroid dienone is 1. The van der Waals surface area contributed by atoms with Gasteiger partial charge >= 0.3 is 0 Å². The van der Waals surface area contributed by atoms with Crippen LogP contribution in [0.1, 0.15) is 41.0 Å². The van der Waals surface area contributed by atoms with Crippen LogP contribution in [-0.2, 0) is 0 Å². The SMILES string of the molecule is CC1CC=Cc2[nH]c(C=O)cc21. The fourth-order valence-corrected chi connectivity index (χ4v) is 1.64. The summed E-state index contributed by atoms with van der Waals surface area (Å²) in [4.78, 5) is 13.5. The van der Waals surface area contributed by atoms with Gasteiger partial charge in [0.2, 0.25) is 0 Å². The summed E-state index contributed by atoms with van der Waals surface area (Å²) in [7, 11) is 0. The molecule has 12 heavy (non-hydrogen) atoms. The Morgan fingerprint density at radius 2 is 2.50 bits per heavy atom. The minimum absolute atomic E-state index is 0.537. The van der Waals surface area contributed by atoms with Crippen molar-refractivity contribution in [1.82, 2.24) is 4.98 Å². The molecule has 1 aromatic heterocycles. The molecule has 2 rings (SSSR count). The molecule has 0 aromatic carbocycles. The summed E-state index contributed by atoms with van der Waals surface area (Å²) in [5.41, 5.74) is 3.04. The van der Waals surface area contributed by atoms with E-state index in [2.05, 4.69) is 18.0 Å². The van der Waals surface area contributed by atoms with Crippen LogP contribution in [0.2, 0.25) is 0 Å². The number of aromatic nitrogens is 1. The standard InChI is InChI=1S/C10H11NO/c1-7-3-2-4-10-9(7)5-8(6-12)11-10/h2,4-7,11H,3H2,1H3. The van der Waals surface area contributed by atoms with Crippen LogP contribution in [0.15, 0.2) is 12.1 Å². The van der Waals surface area contributed by atoms with Gasteiger partial charge in [-0.2, -0.15) is 0 Å². The third kappa shape index (κ3) is 0.998. The Bertz CT molecular complexity index is 336. The maximum Gasteiger partial charge on any atom is 0.166 e. The van der Waals surface area contributed by atoms with Crippen LogP contribution in [0, 0.1) is 0 Å². The van der Waals surface area contributed by atoms with E-state index in [1.165, 1.54) is 5.56 Å².